The molecule has 6 nitrogen and oxygen atoms in total. The van der Waals surface area contributed by atoms with E-state index in [4.69, 9.17) is 16.3 Å². The number of benzene rings is 3. The molecule has 11 heteroatoms. The zero-order chi connectivity index (χ0) is 25.6. The summed E-state index contributed by atoms with van der Waals surface area (Å²) >= 11 is 5.69. The Morgan fingerprint density at radius 3 is 2.34 bits per heavy atom. The lowest BCUT2D eigenvalue weighted by molar-refractivity contribution is -0.137. The molecule has 0 saturated heterocycles. The molecule has 0 aromatic heterocycles. The van der Waals surface area contributed by atoms with Gasteiger partial charge in [0, 0.05) is 0 Å². The minimum atomic E-state index is -4.82. The van der Waals surface area contributed by atoms with Crippen molar-refractivity contribution in [3.63, 3.8) is 0 Å². The van der Waals surface area contributed by atoms with Crippen molar-refractivity contribution in [2.24, 2.45) is 0 Å². The van der Waals surface area contributed by atoms with E-state index in [1.165, 1.54) is 24.3 Å². The summed E-state index contributed by atoms with van der Waals surface area (Å²) in [5.41, 5.74) is -0.656. The second kappa shape index (κ2) is 11.0. The number of hydrogen-bond donors (Lipinski definition) is 1. The Morgan fingerprint density at radius 1 is 1.03 bits per heavy atom. The van der Waals surface area contributed by atoms with Crippen LogP contribution in [-0.4, -0.2) is 34.0 Å². The predicted molar refractivity (Wildman–Crippen MR) is 127 cm³/mol. The van der Waals surface area contributed by atoms with Gasteiger partial charge in [-0.05, 0) is 48.9 Å². The first-order chi connectivity index (χ1) is 16.5. The molecule has 0 aliphatic rings. The summed E-state index contributed by atoms with van der Waals surface area (Å²) in [5, 5.41) is 1.95. The Kier molecular flexibility index (Phi) is 8.29. The summed E-state index contributed by atoms with van der Waals surface area (Å²) < 4.78 is 73.0. The lowest BCUT2D eigenvalue weighted by Gasteiger charge is -2.25. The van der Waals surface area contributed by atoms with Crippen molar-refractivity contribution in [2.75, 3.05) is 24.0 Å². The molecule has 1 amide bonds. The number of ether oxygens (including phenoxy) is 1. The molecule has 0 aliphatic heterocycles. The fourth-order valence-corrected chi connectivity index (χ4v) is 4.84. The average Bonchev–Trinajstić information content (AvgIpc) is 2.81. The van der Waals surface area contributed by atoms with E-state index in [0.717, 1.165) is 17.7 Å². The smallest absolute Gasteiger partial charge is 0.417 e. The van der Waals surface area contributed by atoms with Crippen LogP contribution in [0.15, 0.2) is 77.7 Å². The Labute approximate surface area is 206 Å². The Balaban J connectivity index is 1.81. The molecular weight excluding hydrogens is 505 g/mol. The number of para-hydroxylation sites is 1. The quantitative estimate of drug-likeness (QED) is 0.396. The van der Waals surface area contributed by atoms with Gasteiger partial charge in [0.2, 0.25) is 5.91 Å². The fraction of sp³-hybridized carbons (Fsp3) is 0.208. The topological polar surface area (TPSA) is 75.7 Å². The zero-order valence-corrected chi connectivity index (χ0v) is 20.1. The van der Waals surface area contributed by atoms with Crippen LogP contribution in [-0.2, 0) is 21.0 Å². The highest BCUT2D eigenvalue weighted by molar-refractivity contribution is 7.92. The van der Waals surface area contributed by atoms with E-state index in [1.54, 1.807) is 18.2 Å². The number of carbonyl (C=O) groups is 1. The number of nitrogens with zero attached hydrogens (tertiary/aromatic N) is 1. The van der Waals surface area contributed by atoms with Crippen LogP contribution in [0.5, 0.6) is 5.75 Å². The molecule has 0 atom stereocenters. The third kappa shape index (κ3) is 6.67. The maximum absolute atomic E-state index is 13.4. The first-order valence-corrected chi connectivity index (χ1v) is 12.2. The number of anilines is 1. The van der Waals surface area contributed by atoms with Crippen molar-refractivity contribution in [2.45, 2.75) is 18.0 Å². The van der Waals surface area contributed by atoms with Crippen molar-refractivity contribution in [3.8, 4) is 5.75 Å². The fourth-order valence-electron chi connectivity index (χ4n) is 3.18. The summed E-state index contributed by atoms with van der Waals surface area (Å²) in [7, 11) is -4.37. The Bertz CT molecular complexity index is 1290. The molecule has 35 heavy (non-hydrogen) atoms. The number of rotatable bonds is 9. The molecule has 0 unspecified atom stereocenters. The van der Waals surface area contributed by atoms with Gasteiger partial charge >= 0.3 is 6.18 Å². The average molecular weight is 527 g/mol. The SMILES string of the molecule is Cc1ccccc1OCCNC(=O)CN(c1ccc(Cl)c(C(F)(F)F)c1)S(=O)(=O)c1ccccc1. The molecule has 186 valence electrons. The maximum Gasteiger partial charge on any atom is 0.417 e. The van der Waals surface area contributed by atoms with Crippen LogP contribution in [0.1, 0.15) is 11.1 Å². The normalized spacial score (nSPS) is 11.7. The number of amides is 1. The lowest BCUT2D eigenvalue weighted by atomic mass is 10.2. The highest BCUT2D eigenvalue weighted by Gasteiger charge is 2.35. The van der Waals surface area contributed by atoms with Crippen LogP contribution in [0, 0.1) is 6.92 Å². The van der Waals surface area contributed by atoms with Gasteiger partial charge in [-0.2, -0.15) is 13.2 Å². The molecule has 3 aromatic carbocycles. The summed E-state index contributed by atoms with van der Waals surface area (Å²) in [5.74, 6) is -0.0859. The second-order valence-electron chi connectivity index (χ2n) is 7.45. The number of sulfonamides is 1. The molecule has 0 fully saturated rings. The van der Waals surface area contributed by atoms with Gasteiger partial charge in [-0.3, -0.25) is 9.10 Å². The van der Waals surface area contributed by atoms with Crippen LogP contribution in [0.2, 0.25) is 5.02 Å². The molecular formula is C24H22ClF3N2O4S. The van der Waals surface area contributed by atoms with Gasteiger partial charge < -0.3 is 10.1 Å². The molecule has 0 spiro atoms. The highest BCUT2D eigenvalue weighted by atomic mass is 35.5. The van der Waals surface area contributed by atoms with E-state index in [0.29, 0.717) is 16.1 Å². The van der Waals surface area contributed by atoms with Gasteiger partial charge in [-0.25, -0.2) is 8.42 Å². The summed E-state index contributed by atoms with van der Waals surface area (Å²) in [6.07, 6.45) is -4.82. The highest BCUT2D eigenvalue weighted by Crippen LogP contribution is 2.38. The van der Waals surface area contributed by atoms with Crippen molar-refractivity contribution < 1.29 is 31.1 Å². The van der Waals surface area contributed by atoms with Crippen LogP contribution in [0.3, 0.4) is 0 Å². The van der Waals surface area contributed by atoms with Crippen molar-refractivity contribution in [1.82, 2.24) is 5.32 Å². The number of hydrogen-bond acceptors (Lipinski definition) is 4. The first kappa shape index (κ1) is 26.4. The number of aryl methyl sites for hydroxylation is 1. The Morgan fingerprint density at radius 2 is 1.69 bits per heavy atom. The van der Waals surface area contributed by atoms with Crippen LogP contribution in [0.4, 0.5) is 18.9 Å². The maximum atomic E-state index is 13.4. The van der Waals surface area contributed by atoms with E-state index in [1.807, 2.05) is 19.1 Å². The molecule has 0 radical (unpaired) electrons. The number of alkyl halides is 3. The van der Waals surface area contributed by atoms with E-state index in [9.17, 15) is 26.4 Å². The van der Waals surface area contributed by atoms with Gasteiger partial charge in [0.25, 0.3) is 10.0 Å². The molecule has 1 N–H and O–H groups in total. The van der Waals surface area contributed by atoms with Gasteiger partial charge in [-0.15, -0.1) is 0 Å². The van der Waals surface area contributed by atoms with Gasteiger partial charge in [0.1, 0.15) is 18.9 Å². The number of carbonyl (C=O) groups excluding carboxylic acids is 1. The van der Waals surface area contributed by atoms with Gasteiger partial charge in [0.15, 0.2) is 0 Å². The van der Waals surface area contributed by atoms with Crippen molar-refractivity contribution >= 4 is 33.2 Å². The van der Waals surface area contributed by atoms with Gasteiger partial charge in [0.05, 0.1) is 27.7 Å². The largest absolute Gasteiger partial charge is 0.491 e. The van der Waals surface area contributed by atoms with E-state index in [2.05, 4.69) is 5.32 Å². The third-order valence-corrected chi connectivity index (χ3v) is 7.05. The minimum absolute atomic E-state index is 0.0564. The molecule has 0 bridgehead atoms. The molecule has 3 aromatic rings. The summed E-state index contributed by atoms with van der Waals surface area (Å²) in [6, 6.07) is 17.1. The van der Waals surface area contributed by atoms with Crippen LogP contribution in [0.25, 0.3) is 0 Å². The van der Waals surface area contributed by atoms with Crippen molar-refractivity contribution in [3.05, 3.63) is 88.9 Å². The molecule has 0 aliphatic carbocycles. The standard InChI is InChI=1S/C24H22ClF3N2O4S/c1-17-7-5-6-10-22(17)34-14-13-29-23(31)16-30(35(32,33)19-8-3-2-4-9-19)18-11-12-21(25)20(15-18)24(26,27)28/h2-12,15H,13-14,16H2,1H3,(H,29,31). The number of halogens is 4. The summed E-state index contributed by atoms with van der Waals surface area (Å²) in [4.78, 5) is 12.4. The van der Waals surface area contributed by atoms with E-state index < -0.39 is 39.2 Å². The molecule has 0 saturated carbocycles. The molecule has 3 rings (SSSR count). The van der Waals surface area contributed by atoms with E-state index in [-0.39, 0.29) is 23.7 Å². The van der Waals surface area contributed by atoms with Crippen LogP contribution >= 0.6 is 11.6 Å². The Hall–Kier alpha value is -3.24. The van der Waals surface area contributed by atoms with Gasteiger partial charge in [-0.1, -0.05) is 48.0 Å². The van der Waals surface area contributed by atoms with Crippen LogP contribution < -0.4 is 14.4 Å². The predicted octanol–water partition coefficient (Wildman–Crippen LogP) is 5.06. The van der Waals surface area contributed by atoms with Crippen molar-refractivity contribution in [1.29, 1.82) is 0 Å². The van der Waals surface area contributed by atoms with E-state index >= 15 is 0 Å². The monoisotopic (exact) mass is 526 g/mol. The third-order valence-electron chi connectivity index (χ3n) is 4.94. The second-order valence-corrected chi connectivity index (χ2v) is 9.72. The summed E-state index contributed by atoms with van der Waals surface area (Å²) in [6.45, 7) is 1.28. The zero-order valence-electron chi connectivity index (χ0n) is 18.5. The number of nitrogens with one attached hydrogen (secondary N) is 1. The lowest BCUT2D eigenvalue weighted by Crippen LogP contribution is -2.42. The molecule has 0 heterocycles. The first-order valence-electron chi connectivity index (χ1n) is 10.4. The minimum Gasteiger partial charge on any atom is -0.491 e.